The van der Waals surface area contributed by atoms with Crippen molar-refractivity contribution >= 4 is 17.5 Å². The Balaban J connectivity index is 1.80. The van der Waals surface area contributed by atoms with Crippen molar-refractivity contribution in [3.05, 3.63) is 46.5 Å². The Kier molecular flexibility index (Phi) is 8.38. The first-order chi connectivity index (χ1) is 15.9. The van der Waals surface area contributed by atoms with E-state index in [1.165, 1.54) is 17.3 Å². The van der Waals surface area contributed by atoms with Gasteiger partial charge in [-0.1, -0.05) is 17.8 Å². The molecule has 176 valence electrons. The largest absolute Gasteiger partial charge is 0.490 e. The zero-order valence-electron chi connectivity index (χ0n) is 20.0. The van der Waals surface area contributed by atoms with Gasteiger partial charge >= 0.3 is 0 Å². The molecule has 1 aromatic heterocycles. The third-order valence-electron chi connectivity index (χ3n) is 5.03. The second-order valence-corrected chi connectivity index (χ2v) is 8.36. The summed E-state index contributed by atoms with van der Waals surface area (Å²) in [7, 11) is 0. The smallest absolute Gasteiger partial charge is 0.277 e. The number of aryl methyl sites for hydroxylation is 3. The van der Waals surface area contributed by atoms with Crippen LogP contribution in [0.5, 0.6) is 17.2 Å². The molecular formula is C25H30N2O5S. The highest BCUT2D eigenvalue weighted by atomic mass is 32.2. The van der Waals surface area contributed by atoms with E-state index in [0.717, 1.165) is 16.7 Å². The molecular weight excluding hydrogens is 440 g/mol. The van der Waals surface area contributed by atoms with Crippen molar-refractivity contribution in [3.63, 3.8) is 0 Å². The fourth-order valence-corrected chi connectivity index (χ4v) is 4.01. The average Bonchev–Trinajstić information content (AvgIpc) is 3.26. The molecule has 33 heavy (non-hydrogen) atoms. The normalized spacial score (nSPS) is 10.8. The maximum absolute atomic E-state index is 12.8. The molecule has 0 fully saturated rings. The highest BCUT2D eigenvalue weighted by Gasteiger charge is 2.20. The fourth-order valence-electron chi connectivity index (χ4n) is 3.36. The molecule has 7 nitrogen and oxygen atoms in total. The van der Waals surface area contributed by atoms with Crippen LogP contribution in [0.2, 0.25) is 0 Å². The van der Waals surface area contributed by atoms with Gasteiger partial charge in [0.2, 0.25) is 11.6 Å². The van der Waals surface area contributed by atoms with Crippen LogP contribution in [0.4, 0.5) is 0 Å². The topological polar surface area (TPSA) is 83.7 Å². The van der Waals surface area contributed by atoms with Gasteiger partial charge in [-0.3, -0.25) is 4.79 Å². The fraction of sp³-hybridized carbons (Fsp3) is 0.400. The standard InChI is InChI=1S/C25H30N2O5S/c1-7-29-21-12-18(13-22(30-8-2)23(21)31-9-3)24-26-27-25(32-24)33-14-20(28)19-11-16(5)15(4)10-17(19)6/h10-13H,7-9,14H2,1-6H3. The molecule has 0 radical (unpaired) electrons. The quantitative estimate of drug-likeness (QED) is 0.256. The number of benzene rings is 2. The summed E-state index contributed by atoms with van der Waals surface area (Å²) in [5, 5.41) is 8.59. The molecule has 0 aliphatic carbocycles. The molecule has 0 saturated heterocycles. The monoisotopic (exact) mass is 470 g/mol. The van der Waals surface area contributed by atoms with Crippen molar-refractivity contribution < 1.29 is 23.4 Å². The predicted molar refractivity (Wildman–Crippen MR) is 129 cm³/mol. The first kappa shape index (κ1) is 24.6. The molecule has 0 unspecified atom stereocenters. The average molecular weight is 471 g/mol. The SMILES string of the molecule is CCOc1cc(-c2nnc(SCC(=O)c3cc(C)c(C)cc3C)o2)cc(OCC)c1OCC. The Labute approximate surface area is 198 Å². The number of rotatable bonds is 11. The van der Waals surface area contributed by atoms with Gasteiger partial charge in [-0.15, -0.1) is 10.2 Å². The van der Waals surface area contributed by atoms with Crippen molar-refractivity contribution in [1.82, 2.24) is 10.2 Å². The van der Waals surface area contributed by atoms with Crippen molar-refractivity contribution in [2.24, 2.45) is 0 Å². The van der Waals surface area contributed by atoms with Gasteiger partial charge in [0.15, 0.2) is 17.3 Å². The minimum absolute atomic E-state index is 0.0266. The zero-order chi connectivity index (χ0) is 24.0. The Bertz CT molecular complexity index is 1100. The number of aromatic nitrogens is 2. The molecule has 3 rings (SSSR count). The molecule has 0 amide bonds. The van der Waals surface area contributed by atoms with E-state index < -0.39 is 0 Å². The van der Waals surface area contributed by atoms with Crippen molar-refractivity contribution in [2.75, 3.05) is 25.6 Å². The minimum Gasteiger partial charge on any atom is -0.490 e. The Morgan fingerprint density at radius 1 is 0.848 bits per heavy atom. The summed E-state index contributed by atoms with van der Waals surface area (Å²) in [5.74, 6) is 2.20. The van der Waals surface area contributed by atoms with E-state index in [1.807, 2.05) is 53.7 Å². The molecule has 0 atom stereocenters. The zero-order valence-corrected chi connectivity index (χ0v) is 20.8. The molecule has 2 aromatic carbocycles. The molecule has 3 aromatic rings. The number of carbonyl (C=O) groups is 1. The third-order valence-corrected chi connectivity index (χ3v) is 5.85. The molecule has 1 heterocycles. The first-order valence-corrected chi connectivity index (χ1v) is 12.0. The van der Waals surface area contributed by atoms with Crippen LogP contribution in [0, 0.1) is 20.8 Å². The Hall–Kier alpha value is -3.00. The van der Waals surface area contributed by atoms with Gasteiger partial charge in [0, 0.05) is 11.1 Å². The van der Waals surface area contributed by atoms with E-state index in [1.54, 1.807) is 12.1 Å². The summed E-state index contributed by atoms with van der Waals surface area (Å²) in [6, 6.07) is 7.57. The summed E-state index contributed by atoms with van der Waals surface area (Å²) in [6.45, 7) is 13.1. The molecule has 0 spiro atoms. The van der Waals surface area contributed by atoms with Gasteiger partial charge in [-0.05, 0) is 76.4 Å². The number of ketones is 1. The maximum Gasteiger partial charge on any atom is 0.277 e. The van der Waals surface area contributed by atoms with Gasteiger partial charge in [-0.2, -0.15) is 0 Å². The number of hydrogen-bond acceptors (Lipinski definition) is 8. The molecule has 8 heteroatoms. The number of Topliss-reactive ketones (excluding diaryl/α,β-unsaturated/α-hetero) is 1. The molecule has 0 saturated carbocycles. The number of hydrogen-bond donors (Lipinski definition) is 0. The number of thioether (sulfide) groups is 1. The maximum atomic E-state index is 12.8. The van der Waals surface area contributed by atoms with Gasteiger partial charge < -0.3 is 18.6 Å². The van der Waals surface area contributed by atoms with Gasteiger partial charge in [0.05, 0.1) is 25.6 Å². The summed E-state index contributed by atoms with van der Waals surface area (Å²) >= 11 is 1.22. The molecule has 0 aliphatic heterocycles. The van der Waals surface area contributed by atoms with Crippen LogP contribution in [-0.2, 0) is 0 Å². The van der Waals surface area contributed by atoms with Crippen LogP contribution < -0.4 is 14.2 Å². The minimum atomic E-state index is 0.0266. The van der Waals surface area contributed by atoms with Gasteiger partial charge in [0.25, 0.3) is 5.22 Å². The number of ether oxygens (including phenoxy) is 3. The highest BCUT2D eigenvalue weighted by Crippen LogP contribution is 2.42. The van der Waals surface area contributed by atoms with E-state index >= 15 is 0 Å². The lowest BCUT2D eigenvalue weighted by Crippen LogP contribution is -2.06. The molecule has 0 N–H and O–H groups in total. The molecule has 0 bridgehead atoms. The first-order valence-electron chi connectivity index (χ1n) is 11.0. The van der Waals surface area contributed by atoms with Crippen LogP contribution in [0.1, 0.15) is 47.8 Å². The summed E-state index contributed by atoms with van der Waals surface area (Å²) in [4.78, 5) is 12.8. The second-order valence-electron chi connectivity index (χ2n) is 7.44. The van der Waals surface area contributed by atoms with Crippen molar-refractivity contribution in [2.45, 2.75) is 46.8 Å². The van der Waals surface area contributed by atoms with Crippen LogP contribution >= 0.6 is 11.8 Å². The van der Waals surface area contributed by atoms with E-state index in [0.29, 0.717) is 53.7 Å². The van der Waals surface area contributed by atoms with Crippen LogP contribution in [0.15, 0.2) is 33.9 Å². The summed E-state index contributed by atoms with van der Waals surface area (Å²) in [5.41, 5.74) is 4.61. The van der Waals surface area contributed by atoms with Crippen molar-refractivity contribution in [3.8, 4) is 28.7 Å². The highest BCUT2D eigenvalue weighted by molar-refractivity contribution is 7.99. The van der Waals surface area contributed by atoms with E-state index in [-0.39, 0.29) is 11.5 Å². The lowest BCUT2D eigenvalue weighted by Gasteiger charge is -2.16. The number of nitrogens with zero attached hydrogens (tertiary/aromatic N) is 2. The van der Waals surface area contributed by atoms with Crippen LogP contribution in [0.3, 0.4) is 0 Å². The Morgan fingerprint density at radius 3 is 2.06 bits per heavy atom. The predicted octanol–water partition coefficient (Wildman–Crippen LogP) is 5.83. The van der Waals surface area contributed by atoms with Gasteiger partial charge in [0.1, 0.15) is 0 Å². The number of carbonyl (C=O) groups excluding carboxylic acids is 1. The second kappa shape index (κ2) is 11.2. The van der Waals surface area contributed by atoms with E-state index in [2.05, 4.69) is 10.2 Å². The lowest BCUT2D eigenvalue weighted by molar-refractivity contribution is 0.102. The van der Waals surface area contributed by atoms with Crippen LogP contribution in [0.25, 0.3) is 11.5 Å². The van der Waals surface area contributed by atoms with Crippen molar-refractivity contribution in [1.29, 1.82) is 0 Å². The van der Waals surface area contributed by atoms with E-state index in [9.17, 15) is 4.79 Å². The Morgan fingerprint density at radius 2 is 1.45 bits per heavy atom. The molecule has 0 aliphatic rings. The third kappa shape index (κ3) is 5.87. The van der Waals surface area contributed by atoms with Crippen LogP contribution in [-0.4, -0.2) is 41.6 Å². The summed E-state index contributed by atoms with van der Waals surface area (Å²) in [6.07, 6.45) is 0. The van der Waals surface area contributed by atoms with E-state index in [4.69, 9.17) is 18.6 Å². The van der Waals surface area contributed by atoms with Gasteiger partial charge in [-0.25, -0.2) is 0 Å². The summed E-state index contributed by atoms with van der Waals surface area (Å²) < 4.78 is 23.1. The lowest BCUT2D eigenvalue weighted by atomic mass is 9.99.